The van der Waals surface area contributed by atoms with Gasteiger partial charge in [0.05, 0.1) is 10.3 Å². The van der Waals surface area contributed by atoms with Crippen LogP contribution < -0.4 is 4.74 Å². The van der Waals surface area contributed by atoms with Crippen molar-refractivity contribution in [3.05, 3.63) is 48.0 Å². The van der Waals surface area contributed by atoms with Crippen LogP contribution in [0.1, 0.15) is 26.5 Å². The number of ether oxygens (including phenoxy) is 1. The Hall–Kier alpha value is -3.82. The number of nitrogens with zero attached hydrogens (tertiary/aromatic N) is 8. The van der Waals surface area contributed by atoms with E-state index in [9.17, 15) is 0 Å². The molecule has 10 nitrogen and oxygen atoms in total. The van der Waals surface area contributed by atoms with Crippen molar-refractivity contribution in [1.29, 1.82) is 0 Å². The predicted molar refractivity (Wildman–Crippen MR) is 98.6 cm³/mol. The Morgan fingerprint density at radius 1 is 1.25 bits per heavy atom. The molecule has 0 saturated carbocycles. The van der Waals surface area contributed by atoms with Gasteiger partial charge in [-0.15, -0.1) is 20.4 Å². The number of hydrogen-bond donors (Lipinski definition) is 0. The van der Waals surface area contributed by atoms with E-state index < -0.39 is 13.3 Å². The third-order valence-corrected chi connectivity index (χ3v) is 4.02. The molecular formula is C18H16N8O2. The molecule has 0 radical (unpaired) electrons. The van der Waals surface area contributed by atoms with Gasteiger partial charge in [-0.2, -0.15) is 4.52 Å². The summed E-state index contributed by atoms with van der Waals surface area (Å²) in [7, 11) is 0. The second-order valence-electron chi connectivity index (χ2n) is 5.88. The highest BCUT2D eigenvalue weighted by Gasteiger charge is 2.18. The lowest BCUT2D eigenvalue weighted by Crippen LogP contribution is -2.03. The van der Waals surface area contributed by atoms with Gasteiger partial charge in [0, 0.05) is 27.4 Å². The van der Waals surface area contributed by atoms with Crippen molar-refractivity contribution in [2.75, 3.05) is 0 Å². The average molecular weight is 382 g/mol. The number of aryl methyl sites for hydroxylation is 2. The molecule has 0 aliphatic carbocycles. The largest absolute Gasteiger partial charge is 0.470 e. The van der Waals surface area contributed by atoms with Gasteiger partial charge in [0.15, 0.2) is 11.3 Å². The molecule has 1 aromatic carbocycles. The zero-order valence-electron chi connectivity index (χ0n) is 20.5. The van der Waals surface area contributed by atoms with Gasteiger partial charge in [0.25, 0.3) is 0 Å². The molecule has 5 rings (SSSR count). The van der Waals surface area contributed by atoms with Gasteiger partial charge in [-0.1, -0.05) is 28.6 Å². The quantitative estimate of drug-likeness (QED) is 0.456. The summed E-state index contributed by atoms with van der Waals surface area (Å²) in [4.78, 5) is 0. The summed E-state index contributed by atoms with van der Waals surface area (Å²) in [5, 5.41) is 25.4. The van der Waals surface area contributed by atoms with Crippen molar-refractivity contribution in [3.63, 3.8) is 0 Å². The molecule has 4 heterocycles. The van der Waals surface area contributed by atoms with Gasteiger partial charge in [-0.3, -0.25) is 4.68 Å². The zero-order chi connectivity index (χ0) is 24.3. The van der Waals surface area contributed by atoms with Crippen LogP contribution in [0.4, 0.5) is 0 Å². The summed E-state index contributed by atoms with van der Waals surface area (Å²) in [5.41, 5.74) is 0.798. The first kappa shape index (κ1) is 11.1. The number of hydrogen-bond acceptors (Lipinski definition) is 8. The number of aromatic nitrogens is 8. The Labute approximate surface area is 167 Å². The normalized spacial score (nSPS) is 15.6. The van der Waals surface area contributed by atoms with Crippen molar-refractivity contribution in [1.82, 2.24) is 40.0 Å². The van der Waals surface area contributed by atoms with Crippen molar-refractivity contribution in [2.24, 2.45) is 0 Å². The highest BCUT2D eigenvalue weighted by Crippen LogP contribution is 2.29. The van der Waals surface area contributed by atoms with Gasteiger partial charge in [0.2, 0.25) is 11.7 Å². The minimum absolute atomic E-state index is 0.0619. The molecule has 0 saturated heterocycles. The highest BCUT2D eigenvalue weighted by atomic mass is 16.5. The average Bonchev–Trinajstić information content (AvgIpc) is 3.51. The summed E-state index contributed by atoms with van der Waals surface area (Å²) in [5.74, 6) is 0.706. The molecule has 28 heavy (non-hydrogen) atoms. The smallest absolute Gasteiger partial charge is 0.240 e. The Balaban J connectivity index is 1.54. The van der Waals surface area contributed by atoms with Gasteiger partial charge >= 0.3 is 0 Å². The van der Waals surface area contributed by atoms with E-state index in [2.05, 4.69) is 30.8 Å². The molecule has 0 aliphatic rings. The maximum absolute atomic E-state index is 8.15. The molecule has 5 aromatic rings. The molecule has 0 N–H and O–H groups in total. The van der Waals surface area contributed by atoms with E-state index in [-0.39, 0.29) is 35.7 Å². The van der Waals surface area contributed by atoms with Crippen LogP contribution in [0.3, 0.4) is 0 Å². The van der Waals surface area contributed by atoms with E-state index in [1.807, 2.05) is 12.1 Å². The van der Waals surface area contributed by atoms with Crippen LogP contribution >= 0.6 is 0 Å². The topological polar surface area (TPSA) is 109 Å². The van der Waals surface area contributed by atoms with E-state index in [4.69, 9.17) is 17.5 Å². The summed E-state index contributed by atoms with van der Waals surface area (Å²) >= 11 is 0. The molecule has 0 fully saturated rings. The van der Waals surface area contributed by atoms with E-state index >= 15 is 0 Å². The fourth-order valence-electron chi connectivity index (χ4n) is 2.79. The van der Waals surface area contributed by atoms with Crippen molar-refractivity contribution < 1.29 is 17.5 Å². The van der Waals surface area contributed by atoms with Gasteiger partial charge in [-0.05, 0) is 19.8 Å². The molecule has 4 aromatic heterocycles. The molecular weight excluding hydrogens is 360 g/mol. The maximum atomic E-state index is 8.15. The Morgan fingerprint density at radius 3 is 2.96 bits per heavy atom. The molecule has 0 aliphatic heterocycles. The monoisotopic (exact) mass is 382 g/mol. The van der Waals surface area contributed by atoms with Gasteiger partial charge in [-0.25, -0.2) is 0 Å². The SMILES string of the molecule is [2H]c1c(-c2nnc3c4ccccc4c(OCc4cn(C([2H])([2H])C([2H])([2H])[2H])nn4)nn23)noc1C. The lowest BCUT2D eigenvalue weighted by Gasteiger charge is -2.08. The van der Waals surface area contributed by atoms with Crippen molar-refractivity contribution in [2.45, 2.75) is 26.9 Å². The molecule has 0 bridgehead atoms. The Kier molecular flexibility index (Phi) is 2.55. The second-order valence-corrected chi connectivity index (χ2v) is 5.88. The van der Waals surface area contributed by atoms with Crippen LogP contribution in [-0.4, -0.2) is 40.0 Å². The van der Waals surface area contributed by atoms with Crippen LogP contribution in [0, 0.1) is 6.92 Å². The van der Waals surface area contributed by atoms with Crippen LogP contribution in [-0.2, 0) is 13.1 Å². The van der Waals surface area contributed by atoms with Crippen molar-refractivity contribution >= 4 is 16.4 Å². The highest BCUT2D eigenvalue weighted by molar-refractivity contribution is 5.96. The van der Waals surface area contributed by atoms with Crippen molar-refractivity contribution in [3.8, 4) is 17.4 Å². The van der Waals surface area contributed by atoms with Gasteiger partial charge in [0.1, 0.15) is 18.1 Å². The molecule has 0 amide bonds. The Bertz CT molecular complexity index is 1520. The fourth-order valence-corrected chi connectivity index (χ4v) is 2.79. The molecule has 10 heteroatoms. The first-order valence-corrected chi connectivity index (χ1v) is 8.20. The molecule has 0 spiro atoms. The maximum Gasteiger partial charge on any atom is 0.240 e. The van der Waals surface area contributed by atoms with E-state index in [1.54, 1.807) is 19.1 Å². The molecule has 0 atom stereocenters. The minimum atomic E-state index is -2.93. The lowest BCUT2D eigenvalue weighted by molar-refractivity contribution is 0.289. The summed E-state index contributed by atoms with van der Waals surface area (Å²) in [6, 6.07) is 7.28. The summed E-state index contributed by atoms with van der Waals surface area (Å²) in [6.45, 7) is -4.21. The van der Waals surface area contributed by atoms with Crippen LogP contribution in [0.25, 0.3) is 27.9 Å². The lowest BCUT2D eigenvalue weighted by atomic mass is 10.2. The third kappa shape index (κ3) is 2.66. The first-order valence-electron chi connectivity index (χ1n) is 11.2. The van der Waals surface area contributed by atoms with E-state index in [0.717, 1.165) is 0 Å². The number of fused-ring (bicyclic) bond motifs is 3. The third-order valence-electron chi connectivity index (χ3n) is 4.02. The number of benzene rings is 1. The van der Waals surface area contributed by atoms with Crippen LogP contribution in [0.5, 0.6) is 5.88 Å². The van der Waals surface area contributed by atoms with E-state index in [0.29, 0.717) is 26.9 Å². The predicted octanol–water partition coefficient (Wildman–Crippen LogP) is 2.43. The van der Waals surface area contributed by atoms with Crippen LogP contribution in [0.15, 0.2) is 41.0 Å². The first-order chi connectivity index (χ1) is 16.1. The molecule has 0 unspecified atom stereocenters. The van der Waals surface area contributed by atoms with E-state index in [1.165, 1.54) is 10.7 Å². The van der Waals surface area contributed by atoms with Crippen LogP contribution in [0.2, 0.25) is 0 Å². The summed E-state index contributed by atoms with van der Waals surface area (Å²) in [6.07, 6.45) is 1.17. The minimum Gasteiger partial charge on any atom is -0.470 e. The standard InChI is InChI=1S/C18H16N8O2/c1-3-25-9-12(19-24-25)10-27-18-14-7-5-4-6-13(14)16-20-21-17(26(16)22-18)15-8-11(2)28-23-15/h4-9H,3,10H2,1-2H3/i1D3,3D2,8D. The molecule has 140 valence electrons. The Morgan fingerprint density at radius 2 is 2.14 bits per heavy atom. The fraction of sp³-hybridized carbons (Fsp3) is 0.222. The zero-order valence-corrected chi connectivity index (χ0v) is 14.5. The summed E-state index contributed by atoms with van der Waals surface area (Å²) < 4.78 is 58.8. The van der Waals surface area contributed by atoms with Gasteiger partial charge < -0.3 is 9.26 Å². The number of rotatable bonds is 5. The second kappa shape index (κ2) is 6.41.